The molecular weight excluding hydrogens is 464 g/mol. The molecule has 36 heavy (non-hydrogen) atoms. The molecule has 0 aromatic heterocycles. The van der Waals surface area contributed by atoms with Crippen molar-refractivity contribution < 1.29 is 33.2 Å². The van der Waals surface area contributed by atoms with Crippen molar-refractivity contribution in [2.45, 2.75) is 5.92 Å². The number of nitrogens with one attached hydrogen (secondary N) is 1. The van der Waals surface area contributed by atoms with Gasteiger partial charge in [-0.05, 0) is 22.3 Å². The quantitative estimate of drug-likeness (QED) is 0.282. The predicted octanol–water partition coefficient (Wildman–Crippen LogP) is 2.57. The Bertz CT molecular complexity index is 850. The molecule has 0 saturated carbocycles. The first-order valence-corrected chi connectivity index (χ1v) is 12.5. The Hall–Kier alpha value is -2.53. The second kappa shape index (κ2) is 17.0. The van der Waals surface area contributed by atoms with E-state index in [9.17, 15) is 4.79 Å². The average Bonchev–Trinajstić information content (AvgIpc) is 3.23. The van der Waals surface area contributed by atoms with Crippen molar-refractivity contribution in [3.63, 3.8) is 0 Å². The van der Waals surface area contributed by atoms with Crippen LogP contribution in [0.5, 0.6) is 0 Å². The number of nitrogens with two attached hydrogens (primary N) is 1. The second-order valence-electron chi connectivity index (χ2n) is 8.10. The number of carbonyl (C=O) groups excluding carboxylic acids is 1. The van der Waals surface area contributed by atoms with Gasteiger partial charge in [0.25, 0.3) is 0 Å². The van der Waals surface area contributed by atoms with E-state index in [-0.39, 0.29) is 5.92 Å². The molecule has 0 unspecified atom stereocenters. The van der Waals surface area contributed by atoms with E-state index in [2.05, 4.69) is 29.6 Å². The van der Waals surface area contributed by atoms with Crippen molar-refractivity contribution >= 4 is 6.09 Å². The van der Waals surface area contributed by atoms with Crippen LogP contribution in [-0.2, 0) is 28.4 Å². The van der Waals surface area contributed by atoms with Crippen LogP contribution >= 0.6 is 0 Å². The summed E-state index contributed by atoms with van der Waals surface area (Å²) in [7, 11) is 0. The normalized spacial score (nSPS) is 12.4. The minimum Gasteiger partial charge on any atom is -0.449 e. The van der Waals surface area contributed by atoms with E-state index in [1.807, 2.05) is 24.3 Å². The number of hydrogen-bond donors (Lipinski definition) is 2. The Morgan fingerprint density at radius 2 is 1.11 bits per heavy atom. The SMILES string of the molecule is NCCOCCOCCOCCOCCOCCNC(=O)OCC1c2ccccc2-c2ccccc21. The lowest BCUT2D eigenvalue weighted by Gasteiger charge is -2.14. The van der Waals surface area contributed by atoms with Gasteiger partial charge < -0.3 is 39.5 Å². The Morgan fingerprint density at radius 1 is 0.667 bits per heavy atom. The number of alkyl carbamates (subject to hydrolysis) is 1. The van der Waals surface area contributed by atoms with Crippen LogP contribution in [0.4, 0.5) is 4.79 Å². The van der Waals surface area contributed by atoms with Crippen molar-refractivity contribution in [2.75, 3.05) is 85.8 Å². The summed E-state index contributed by atoms with van der Waals surface area (Å²) in [6.07, 6.45) is -0.444. The van der Waals surface area contributed by atoms with Gasteiger partial charge in [0, 0.05) is 19.0 Å². The summed E-state index contributed by atoms with van der Waals surface area (Å²) in [5.41, 5.74) is 10.1. The van der Waals surface area contributed by atoms with Gasteiger partial charge in [0.2, 0.25) is 0 Å². The molecule has 9 heteroatoms. The first kappa shape index (κ1) is 28.0. The third-order valence-corrected chi connectivity index (χ3v) is 5.61. The minimum absolute atomic E-state index is 0.0501. The molecule has 0 fully saturated rings. The Morgan fingerprint density at radius 3 is 1.61 bits per heavy atom. The largest absolute Gasteiger partial charge is 0.449 e. The van der Waals surface area contributed by atoms with E-state index in [1.165, 1.54) is 22.3 Å². The van der Waals surface area contributed by atoms with Gasteiger partial charge in [0.05, 0.1) is 66.1 Å². The van der Waals surface area contributed by atoms with Crippen LogP contribution in [0, 0.1) is 0 Å². The topological polar surface area (TPSA) is 111 Å². The fourth-order valence-corrected chi connectivity index (χ4v) is 3.94. The molecule has 2 aromatic rings. The highest BCUT2D eigenvalue weighted by Gasteiger charge is 2.28. The number of fused-ring (bicyclic) bond motifs is 3. The highest BCUT2D eigenvalue weighted by Crippen LogP contribution is 2.44. The molecule has 3 rings (SSSR count). The summed E-state index contributed by atoms with van der Waals surface area (Å²) in [4.78, 5) is 12.1. The number of rotatable bonds is 19. The molecular formula is C27H38N2O7. The molecule has 1 amide bonds. The van der Waals surface area contributed by atoms with E-state index < -0.39 is 6.09 Å². The molecule has 0 spiro atoms. The van der Waals surface area contributed by atoms with Gasteiger partial charge in [-0.25, -0.2) is 4.79 Å². The summed E-state index contributed by atoms with van der Waals surface area (Å²) in [5.74, 6) is 0.0501. The summed E-state index contributed by atoms with van der Waals surface area (Å²) in [6.45, 7) is 6.12. The third-order valence-electron chi connectivity index (χ3n) is 5.61. The zero-order chi connectivity index (χ0) is 25.3. The Labute approximate surface area is 213 Å². The maximum atomic E-state index is 12.1. The molecule has 0 saturated heterocycles. The molecule has 0 atom stereocenters. The highest BCUT2D eigenvalue weighted by atomic mass is 16.6. The van der Waals surface area contributed by atoms with Crippen molar-refractivity contribution in [1.82, 2.24) is 5.32 Å². The average molecular weight is 503 g/mol. The zero-order valence-corrected chi connectivity index (χ0v) is 20.8. The molecule has 3 N–H and O–H groups in total. The molecule has 0 heterocycles. The number of carbonyl (C=O) groups is 1. The molecule has 9 nitrogen and oxygen atoms in total. The molecule has 0 radical (unpaired) electrons. The van der Waals surface area contributed by atoms with E-state index in [1.54, 1.807) is 0 Å². The monoisotopic (exact) mass is 502 g/mol. The van der Waals surface area contributed by atoms with E-state index in [4.69, 9.17) is 34.2 Å². The number of ether oxygens (including phenoxy) is 6. The van der Waals surface area contributed by atoms with E-state index >= 15 is 0 Å². The summed E-state index contributed by atoms with van der Waals surface area (Å²) < 4.78 is 32.4. The summed E-state index contributed by atoms with van der Waals surface area (Å²) in [6, 6.07) is 16.5. The highest BCUT2D eigenvalue weighted by molar-refractivity contribution is 5.79. The first-order valence-electron chi connectivity index (χ1n) is 12.5. The van der Waals surface area contributed by atoms with Crippen LogP contribution in [0.3, 0.4) is 0 Å². The lowest BCUT2D eigenvalue weighted by molar-refractivity contribution is -0.0103. The van der Waals surface area contributed by atoms with Crippen LogP contribution in [0.25, 0.3) is 11.1 Å². The van der Waals surface area contributed by atoms with Crippen LogP contribution in [-0.4, -0.2) is 91.9 Å². The first-order chi connectivity index (χ1) is 17.8. The third kappa shape index (κ3) is 9.50. The summed E-state index contributed by atoms with van der Waals surface area (Å²) in [5, 5.41) is 2.73. The molecule has 198 valence electrons. The Balaban J connectivity index is 1.14. The van der Waals surface area contributed by atoms with Gasteiger partial charge >= 0.3 is 6.09 Å². The van der Waals surface area contributed by atoms with Crippen LogP contribution in [0.1, 0.15) is 17.0 Å². The lowest BCUT2D eigenvalue weighted by atomic mass is 9.98. The maximum Gasteiger partial charge on any atom is 0.407 e. The van der Waals surface area contributed by atoms with Gasteiger partial charge in [0.1, 0.15) is 6.61 Å². The van der Waals surface area contributed by atoms with E-state index in [0.29, 0.717) is 85.8 Å². The number of amides is 1. The summed E-state index contributed by atoms with van der Waals surface area (Å²) >= 11 is 0. The lowest BCUT2D eigenvalue weighted by Crippen LogP contribution is -2.29. The van der Waals surface area contributed by atoms with Crippen molar-refractivity contribution in [3.05, 3.63) is 59.7 Å². The van der Waals surface area contributed by atoms with Crippen molar-refractivity contribution in [1.29, 1.82) is 0 Å². The van der Waals surface area contributed by atoms with Gasteiger partial charge in [-0.2, -0.15) is 0 Å². The molecule has 0 aliphatic heterocycles. The van der Waals surface area contributed by atoms with Crippen LogP contribution in [0.15, 0.2) is 48.5 Å². The van der Waals surface area contributed by atoms with E-state index in [0.717, 1.165) is 0 Å². The predicted molar refractivity (Wildman–Crippen MR) is 136 cm³/mol. The Kier molecular flexibility index (Phi) is 13.3. The fraction of sp³-hybridized carbons (Fsp3) is 0.519. The van der Waals surface area contributed by atoms with Crippen molar-refractivity contribution in [3.8, 4) is 11.1 Å². The van der Waals surface area contributed by atoms with Crippen LogP contribution in [0.2, 0.25) is 0 Å². The molecule has 1 aliphatic rings. The number of benzene rings is 2. The van der Waals surface area contributed by atoms with Gasteiger partial charge in [-0.3, -0.25) is 0 Å². The molecule has 1 aliphatic carbocycles. The van der Waals surface area contributed by atoms with Gasteiger partial charge in [-0.1, -0.05) is 48.5 Å². The van der Waals surface area contributed by atoms with Crippen LogP contribution < -0.4 is 11.1 Å². The molecule has 2 aromatic carbocycles. The molecule has 0 bridgehead atoms. The second-order valence-corrected chi connectivity index (χ2v) is 8.10. The van der Waals surface area contributed by atoms with Gasteiger partial charge in [0.15, 0.2) is 0 Å². The van der Waals surface area contributed by atoms with Crippen molar-refractivity contribution in [2.24, 2.45) is 5.73 Å². The maximum absolute atomic E-state index is 12.1. The number of hydrogen-bond acceptors (Lipinski definition) is 8. The fourth-order valence-electron chi connectivity index (χ4n) is 3.94. The van der Waals surface area contributed by atoms with Gasteiger partial charge in [-0.15, -0.1) is 0 Å². The minimum atomic E-state index is -0.444. The smallest absolute Gasteiger partial charge is 0.407 e. The standard InChI is InChI=1S/C27H38N2O7/c28-9-11-31-13-15-33-17-19-35-20-18-34-16-14-32-12-10-29-27(30)36-21-26-24-7-3-1-5-22(24)23-6-2-4-8-25(23)26/h1-8,26H,9-21,28H2,(H,29,30). The zero-order valence-electron chi connectivity index (χ0n) is 20.8.